The lowest BCUT2D eigenvalue weighted by Crippen LogP contribution is -2.69. The fourth-order valence-corrected chi connectivity index (χ4v) is 11.8. The maximum Gasteiger partial charge on any atom is 0.312 e. The number of methoxy groups -OCH3 is 1. The van der Waals surface area contributed by atoms with Crippen LogP contribution in [0.3, 0.4) is 0 Å². The Balaban J connectivity index is 1.44. The highest BCUT2D eigenvalue weighted by atomic mass is 16.7. The number of carbonyl (C=O) groups is 1. The van der Waals surface area contributed by atoms with E-state index < -0.39 is 6.10 Å². The van der Waals surface area contributed by atoms with Gasteiger partial charge in [0, 0.05) is 5.41 Å². The molecule has 1 N–H and O–H groups in total. The predicted octanol–water partition coefficient (Wildman–Crippen LogP) is 6.14. The summed E-state index contributed by atoms with van der Waals surface area (Å²) in [6.45, 7) is 15.7. The van der Waals surface area contributed by atoms with Crippen LogP contribution in [0, 0.1) is 56.7 Å². The Morgan fingerprint density at radius 1 is 1.03 bits per heavy atom. The Morgan fingerprint density at radius 2 is 1.78 bits per heavy atom. The molecule has 0 bridgehead atoms. The average Bonchev–Trinajstić information content (AvgIpc) is 2.85. The summed E-state index contributed by atoms with van der Waals surface area (Å²) in [7, 11) is 1.58. The van der Waals surface area contributed by atoms with Crippen LogP contribution in [0.25, 0.3) is 0 Å². The summed E-state index contributed by atoms with van der Waals surface area (Å²) in [5.74, 6) is 2.33. The maximum absolute atomic E-state index is 13.5. The first kappa shape index (κ1) is 26.3. The van der Waals surface area contributed by atoms with Gasteiger partial charge in [0.05, 0.1) is 31.3 Å². The molecule has 208 valence electrons. The molecular weight excluding hydrogens is 464 g/mol. The Morgan fingerprint density at radius 3 is 2.51 bits per heavy atom. The van der Waals surface area contributed by atoms with Crippen molar-refractivity contribution in [1.29, 1.82) is 0 Å². The zero-order valence-corrected chi connectivity index (χ0v) is 24.3. The molecule has 4 saturated carbocycles. The van der Waals surface area contributed by atoms with Gasteiger partial charge in [0.1, 0.15) is 6.79 Å². The summed E-state index contributed by atoms with van der Waals surface area (Å²) in [4.78, 5) is 13.5. The lowest BCUT2D eigenvalue weighted by atomic mass is 9.33. The van der Waals surface area contributed by atoms with E-state index >= 15 is 0 Å². The summed E-state index contributed by atoms with van der Waals surface area (Å²) in [5, 5.41) is 11.4. The van der Waals surface area contributed by atoms with Gasteiger partial charge in [-0.05, 0) is 97.2 Å². The van der Waals surface area contributed by atoms with Crippen LogP contribution in [0.5, 0.6) is 0 Å². The van der Waals surface area contributed by atoms with Crippen LogP contribution in [0.15, 0.2) is 11.6 Å². The molecule has 1 heterocycles. The SMILES string of the molecule is COC(=O)[C@]12CC[C@@H](C)[C@H](C)C1C1=CCC3[C@@]4(C)CC(O)C5OCOCC5(C)C4CC[C@@]3(C)[C@]1(C)CC2. The van der Waals surface area contributed by atoms with E-state index in [2.05, 4.69) is 47.6 Å². The van der Waals surface area contributed by atoms with Gasteiger partial charge in [-0.25, -0.2) is 0 Å². The van der Waals surface area contributed by atoms with Gasteiger partial charge in [0.25, 0.3) is 0 Å². The van der Waals surface area contributed by atoms with Gasteiger partial charge in [0.15, 0.2) is 0 Å². The fourth-order valence-electron chi connectivity index (χ4n) is 11.8. The highest BCUT2D eigenvalue weighted by molar-refractivity contribution is 5.78. The minimum atomic E-state index is -0.451. The molecule has 12 atom stereocenters. The minimum absolute atomic E-state index is 0.0221. The van der Waals surface area contributed by atoms with E-state index in [9.17, 15) is 9.90 Å². The molecule has 5 aliphatic carbocycles. The lowest BCUT2D eigenvalue weighted by molar-refractivity contribution is -0.305. The highest BCUT2D eigenvalue weighted by Gasteiger charge is 2.71. The number of fused-ring (bicyclic) bond motifs is 9. The first-order chi connectivity index (χ1) is 17.4. The number of hydrogen-bond acceptors (Lipinski definition) is 5. The smallest absolute Gasteiger partial charge is 0.312 e. The van der Waals surface area contributed by atoms with E-state index in [0.717, 1.165) is 44.9 Å². The Kier molecular flexibility index (Phi) is 5.90. The predicted molar refractivity (Wildman–Crippen MR) is 142 cm³/mol. The summed E-state index contributed by atoms with van der Waals surface area (Å²) < 4.78 is 17.5. The van der Waals surface area contributed by atoms with Gasteiger partial charge in [-0.3, -0.25) is 4.79 Å². The second-order valence-corrected chi connectivity index (χ2v) is 15.1. The Bertz CT molecular complexity index is 992. The summed E-state index contributed by atoms with van der Waals surface area (Å²) >= 11 is 0. The fraction of sp³-hybridized carbons (Fsp3) is 0.906. The van der Waals surface area contributed by atoms with Crippen LogP contribution >= 0.6 is 0 Å². The normalized spacial score (nSPS) is 57.0. The highest BCUT2D eigenvalue weighted by Crippen LogP contribution is 2.76. The molecule has 5 nitrogen and oxygen atoms in total. The quantitative estimate of drug-likeness (QED) is 0.336. The topological polar surface area (TPSA) is 65.0 Å². The Labute approximate surface area is 224 Å². The summed E-state index contributed by atoms with van der Waals surface area (Å²) in [6.07, 6.45) is 10.2. The van der Waals surface area contributed by atoms with Gasteiger partial charge >= 0.3 is 5.97 Å². The van der Waals surface area contributed by atoms with Crippen molar-refractivity contribution in [2.45, 2.75) is 105 Å². The van der Waals surface area contributed by atoms with E-state index in [1.54, 1.807) is 12.7 Å². The minimum Gasteiger partial charge on any atom is -0.469 e. The third-order valence-corrected chi connectivity index (χ3v) is 14.0. The van der Waals surface area contributed by atoms with Crippen molar-refractivity contribution in [1.82, 2.24) is 0 Å². The largest absolute Gasteiger partial charge is 0.469 e. The van der Waals surface area contributed by atoms with Gasteiger partial charge in [-0.15, -0.1) is 0 Å². The van der Waals surface area contributed by atoms with Crippen molar-refractivity contribution in [3.05, 3.63) is 11.6 Å². The van der Waals surface area contributed by atoms with Crippen LogP contribution < -0.4 is 0 Å². The number of esters is 1. The molecule has 37 heavy (non-hydrogen) atoms. The van der Waals surface area contributed by atoms with Crippen LogP contribution in [-0.2, 0) is 19.0 Å². The molecule has 0 aromatic carbocycles. The number of carbonyl (C=O) groups excluding carboxylic acids is 1. The van der Waals surface area contributed by atoms with Crippen LogP contribution in [0.4, 0.5) is 0 Å². The van der Waals surface area contributed by atoms with Crippen LogP contribution in [0.2, 0.25) is 0 Å². The molecule has 6 unspecified atom stereocenters. The molecule has 0 aromatic heterocycles. The van der Waals surface area contributed by atoms with Gasteiger partial charge in [-0.1, -0.05) is 53.2 Å². The van der Waals surface area contributed by atoms with Crippen LogP contribution in [0.1, 0.15) is 92.9 Å². The van der Waals surface area contributed by atoms with Crippen molar-refractivity contribution in [2.75, 3.05) is 20.5 Å². The maximum atomic E-state index is 13.5. The number of hydrogen-bond donors (Lipinski definition) is 1. The molecule has 6 rings (SSSR count). The average molecular weight is 515 g/mol. The van der Waals surface area contributed by atoms with Crippen molar-refractivity contribution in [3.8, 4) is 0 Å². The molecule has 1 saturated heterocycles. The second-order valence-electron chi connectivity index (χ2n) is 15.1. The number of aliphatic hydroxyl groups excluding tert-OH is 1. The summed E-state index contributed by atoms with van der Waals surface area (Å²) in [5.41, 5.74) is 1.25. The van der Waals surface area contributed by atoms with Crippen molar-refractivity contribution in [2.24, 2.45) is 56.7 Å². The van der Waals surface area contributed by atoms with Crippen molar-refractivity contribution < 1.29 is 24.1 Å². The van der Waals surface area contributed by atoms with Gasteiger partial charge in [-0.2, -0.15) is 0 Å². The second kappa shape index (κ2) is 8.30. The molecule has 0 aromatic rings. The standard InChI is InChI=1S/C32H50O5/c1-19-10-13-32(27(34)35-7)15-14-30(5)21(25(32)20(19)2)8-9-24-28(3)16-22(33)26-29(4,17-36-18-37-26)23(28)11-12-31(24,30)6/h8,19-20,22-26,33H,9-18H2,1-7H3/t19-,20+,22?,23?,24?,25?,26?,28+,29?,30-,31-,32+/m1/s1. The van der Waals surface area contributed by atoms with E-state index in [1.807, 2.05) is 0 Å². The van der Waals surface area contributed by atoms with Gasteiger partial charge < -0.3 is 19.3 Å². The molecule has 5 fully saturated rings. The lowest BCUT2D eigenvalue weighted by Gasteiger charge is -2.72. The third-order valence-electron chi connectivity index (χ3n) is 14.0. The molecule has 6 aliphatic rings. The molecule has 0 spiro atoms. The van der Waals surface area contributed by atoms with E-state index in [-0.39, 0.29) is 45.1 Å². The van der Waals surface area contributed by atoms with E-state index in [4.69, 9.17) is 14.2 Å². The number of aliphatic hydroxyl groups is 1. The Hall–Kier alpha value is -0.910. The number of rotatable bonds is 1. The number of ether oxygens (including phenoxy) is 3. The molecule has 1 aliphatic heterocycles. The zero-order valence-electron chi connectivity index (χ0n) is 24.3. The molecule has 5 heteroatoms. The molecule has 0 amide bonds. The van der Waals surface area contributed by atoms with Crippen LogP contribution in [-0.4, -0.2) is 43.8 Å². The van der Waals surface area contributed by atoms with Crippen molar-refractivity contribution >= 4 is 5.97 Å². The first-order valence-electron chi connectivity index (χ1n) is 15.1. The molecule has 0 radical (unpaired) electrons. The molecular formula is C32H50O5. The van der Waals surface area contributed by atoms with E-state index in [1.165, 1.54) is 6.42 Å². The number of allylic oxidation sites excluding steroid dienone is 2. The summed E-state index contributed by atoms with van der Waals surface area (Å²) in [6, 6.07) is 0. The third kappa shape index (κ3) is 3.11. The zero-order chi connectivity index (χ0) is 26.6. The monoisotopic (exact) mass is 514 g/mol. The van der Waals surface area contributed by atoms with E-state index in [0.29, 0.717) is 37.1 Å². The van der Waals surface area contributed by atoms with Gasteiger partial charge in [0.2, 0.25) is 0 Å². The first-order valence-corrected chi connectivity index (χ1v) is 15.1. The van der Waals surface area contributed by atoms with Crippen molar-refractivity contribution in [3.63, 3.8) is 0 Å².